The van der Waals surface area contributed by atoms with Crippen LogP contribution in [0.1, 0.15) is 35.4 Å². The van der Waals surface area contributed by atoms with Crippen LogP contribution >= 0.6 is 11.6 Å². The summed E-state index contributed by atoms with van der Waals surface area (Å²) in [6.07, 6.45) is 2.01. The molecule has 1 spiro atoms. The number of amides is 1. The molecule has 0 bridgehead atoms. The lowest BCUT2D eigenvalue weighted by Gasteiger charge is -2.35. The highest BCUT2D eigenvalue weighted by molar-refractivity contribution is 6.36. The lowest BCUT2D eigenvalue weighted by molar-refractivity contribution is -0.129. The van der Waals surface area contributed by atoms with Crippen LogP contribution in [0.4, 0.5) is 0 Å². The maximum absolute atomic E-state index is 13.5. The minimum absolute atomic E-state index is 0.0480. The summed E-state index contributed by atoms with van der Waals surface area (Å²) in [6.45, 7) is 3.73. The number of allylic oxidation sites excluding steroid dienone is 1. The molecule has 12 heteroatoms. The SMILES string of the molecule is COc1cc(OC)c2c(c1Cl)O[C@@]1(C(=O)C=C(NCC(=O)NCCc3nc(C)no3)C[C@H]1C)C2=O. The number of benzene rings is 1. The van der Waals surface area contributed by atoms with E-state index in [2.05, 4.69) is 20.8 Å². The number of fused-ring (bicyclic) bond motifs is 1. The average molecular weight is 505 g/mol. The van der Waals surface area contributed by atoms with Crippen LogP contribution in [0, 0.1) is 12.8 Å². The molecule has 186 valence electrons. The van der Waals surface area contributed by atoms with Crippen molar-refractivity contribution in [2.75, 3.05) is 27.3 Å². The number of Topliss-reactive ketones (excluding diaryl/α,β-unsaturated/α-hetero) is 1. The number of nitrogens with one attached hydrogen (secondary N) is 2. The van der Waals surface area contributed by atoms with E-state index in [1.807, 2.05) is 0 Å². The number of aromatic nitrogens is 2. The zero-order valence-corrected chi connectivity index (χ0v) is 20.4. The molecule has 2 N–H and O–H groups in total. The van der Waals surface area contributed by atoms with Crippen LogP contribution in [-0.4, -0.2) is 60.5 Å². The number of carbonyl (C=O) groups excluding carboxylic acids is 3. The van der Waals surface area contributed by atoms with Crippen molar-refractivity contribution in [3.63, 3.8) is 0 Å². The van der Waals surface area contributed by atoms with Gasteiger partial charge in [-0.25, -0.2) is 0 Å². The normalized spacial score (nSPS) is 20.8. The van der Waals surface area contributed by atoms with E-state index < -0.39 is 23.1 Å². The minimum Gasteiger partial charge on any atom is -0.496 e. The highest BCUT2D eigenvalue weighted by atomic mass is 35.5. The molecular formula is C23H25ClN4O7. The van der Waals surface area contributed by atoms with Crippen LogP contribution in [0.5, 0.6) is 17.2 Å². The molecule has 4 rings (SSSR count). The van der Waals surface area contributed by atoms with Crippen molar-refractivity contribution in [1.82, 2.24) is 20.8 Å². The molecule has 0 radical (unpaired) electrons. The molecule has 0 saturated carbocycles. The number of ether oxygens (including phenoxy) is 3. The van der Waals surface area contributed by atoms with E-state index in [-0.39, 0.29) is 40.3 Å². The number of aryl methyl sites for hydroxylation is 1. The quantitative estimate of drug-likeness (QED) is 0.511. The summed E-state index contributed by atoms with van der Waals surface area (Å²) in [7, 11) is 2.83. The summed E-state index contributed by atoms with van der Waals surface area (Å²) in [6, 6.07) is 1.49. The third-order valence-electron chi connectivity index (χ3n) is 6.02. The number of ketones is 2. The van der Waals surface area contributed by atoms with E-state index in [0.29, 0.717) is 36.8 Å². The topological polar surface area (TPSA) is 142 Å². The third-order valence-corrected chi connectivity index (χ3v) is 6.37. The minimum atomic E-state index is -1.76. The number of hydrogen-bond acceptors (Lipinski definition) is 10. The van der Waals surface area contributed by atoms with Gasteiger partial charge in [-0.3, -0.25) is 14.4 Å². The number of halogens is 1. The van der Waals surface area contributed by atoms with Gasteiger partial charge in [-0.2, -0.15) is 4.98 Å². The Balaban J connectivity index is 1.44. The molecule has 1 amide bonds. The maximum Gasteiger partial charge on any atom is 0.239 e. The van der Waals surface area contributed by atoms with Crippen LogP contribution < -0.4 is 24.8 Å². The summed E-state index contributed by atoms with van der Waals surface area (Å²) >= 11 is 6.39. The van der Waals surface area contributed by atoms with Gasteiger partial charge in [0.1, 0.15) is 22.1 Å². The fourth-order valence-corrected chi connectivity index (χ4v) is 4.52. The number of rotatable bonds is 8. The standard InChI is InChI=1S/C23H25ClN4O7/c1-11-7-13(26-10-17(30)25-6-5-18-27-12(2)28-35-18)8-16(29)23(11)22(31)19-14(32-3)9-15(33-4)20(24)21(19)34-23/h8-9,11,26H,5-7,10H2,1-4H3,(H,25,30)/t11-,23+/m1/s1. The van der Waals surface area contributed by atoms with Gasteiger partial charge in [0.05, 0.1) is 20.8 Å². The van der Waals surface area contributed by atoms with Gasteiger partial charge in [0.15, 0.2) is 11.6 Å². The molecule has 2 aliphatic rings. The number of carbonyl (C=O) groups is 3. The molecule has 2 aromatic rings. The van der Waals surface area contributed by atoms with Gasteiger partial charge in [-0.1, -0.05) is 23.7 Å². The average Bonchev–Trinajstić information content (AvgIpc) is 3.38. The fourth-order valence-electron chi connectivity index (χ4n) is 4.26. The number of hydrogen-bond donors (Lipinski definition) is 2. The summed E-state index contributed by atoms with van der Waals surface area (Å²) in [4.78, 5) is 43.0. The van der Waals surface area contributed by atoms with E-state index in [1.54, 1.807) is 13.8 Å². The first-order valence-electron chi connectivity index (χ1n) is 10.9. The van der Waals surface area contributed by atoms with E-state index >= 15 is 0 Å². The Morgan fingerprint density at radius 3 is 2.66 bits per heavy atom. The van der Waals surface area contributed by atoms with Crippen molar-refractivity contribution in [1.29, 1.82) is 0 Å². The van der Waals surface area contributed by atoms with Crippen molar-refractivity contribution < 1.29 is 33.1 Å². The molecular weight excluding hydrogens is 480 g/mol. The lowest BCUT2D eigenvalue weighted by Crippen LogP contribution is -2.55. The zero-order valence-electron chi connectivity index (χ0n) is 19.7. The molecule has 1 aromatic heterocycles. The Labute approximate surface area is 206 Å². The van der Waals surface area contributed by atoms with Crippen LogP contribution in [-0.2, 0) is 16.0 Å². The second-order valence-electron chi connectivity index (χ2n) is 8.29. The molecule has 1 aromatic carbocycles. The van der Waals surface area contributed by atoms with Gasteiger partial charge in [0.2, 0.25) is 29.0 Å². The Hall–Kier alpha value is -3.60. The first-order chi connectivity index (χ1) is 16.7. The van der Waals surface area contributed by atoms with Crippen molar-refractivity contribution in [3.05, 3.63) is 40.1 Å². The van der Waals surface area contributed by atoms with E-state index in [4.69, 9.17) is 30.3 Å². The van der Waals surface area contributed by atoms with Crippen molar-refractivity contribution in [2.45, 2.75) is 32.3 Å². The van der Waals surface area contributed by atoms with Crippen LogP contribution in [0.15, 0.2) is 22.4 Å². The summed E-state index contributed by atoms with van der Waals surface area (Å²) in [5.74, 6) is -0.364. The van der Waals surface area contributed by atoms with Gasteiger partial charge in [0, 0.05) is 36.7 Å². The highest BCUT2D eigenvalue weighted by Crippen LogP contribution is 2.52. The van der Waals surface area contributed by atoms with Crippen LogP contribution in [0.2, 0.25) is 5.02 Å². The number of methoxy groups -OCH3 is 2. The predicted octanol–water partition coefficient (Wildman–Crippen LogP) is 1.80. The van der Waals surface area contributed by atoms with E-state index in [1.165, 1.54) is 26.4 Å². The van der Waals surface area contributed by atoms with Gasteiger partial charge in [-0.05, 0) is 13.3 Å². The zero-order chi connectivity index (χ0) is 25.3. The smallest absolute Gasteiger partial charge is 0.239 e. The van der Waals surface area contributed by atoms with Crippen LogP contribution in [0.3, 0.4) is 0 Å². The fraction of sp³-hybridized carbons (Fsp3) is 0.435. The van der Waals surface area contributed by atoms with E-state index in [0.717, 1.165) is 0 Å². The molecule has 2 atom stereocenters. The summed E-state index contributed by atoms with van der Waals surface area (Å²) < 4.78 is 21.6. The third kappa shape index (κ3) is 4.31. The summed E-state index contributed by atoms with van der Waals surface area (Å²) in [5.41, 5.74) is -1.13. The summed E-state index contributed by atoms with van der Waals surface area (Å²) in [5, 5.41) is 9.49. The molecule has 2 heterocycles. The molecule has 1 aliphatic heterocycles. The van der Waals surface area contributed by atoms with Crippen LogP contribution in [0.25, 0.3) is 0 Å². The van der Waals surface area contributed by atoms with Crippen molar-refractivity contribution in [2.24, 2.45) is 5.92 Å². The Morgan fingerprint density at radius 1 is 1.29 bits per heavy atom. The molecule has 1 aliphatic carbocycles. The number of nitrogens with zero attached hydrogens (tertiary/aromatic N) is 2. The second-order valence-corrected chi connectivity index (χ2v) is 8.67. The second kappa shape index (κ2) is 9.57. The van der Waals surface area contributed by atoms with Crippen molar-refractivity contribution in [3.8, 4) is 17.2 Å². The van der Waals surface area contributed by atoms with E-state index in [9.17, 15) is 14.4 Å². The highest BCUT2D eigenvalue weighted by Gasteiger charge is 2.60. The Bertz CT molecular complexity index is 1220. The van der Waals surface area contributed by atoms with Gasteiger partial charge in [-0.15, -0.1) is 0 Å². The monoisotopic (exact) mass is 504 g/mol. The Morgan fingerprint density at radius 2 is 2.03 bits per heavy atom. The molecule has 0 unspecified atom stereocenters. The molecule has 0 saturated heterocycles. The molecule has 0 fully saturated rings. The van der Waals surface area contributed by atoms with Gasteiger partial charge < -0.3 is 29.4 Å². The van der Waals surface area contributed by atoms with Gasteiger partial charge in [0.25, 0.3) is 0 Å². The largest absolute Gasteiger partial charge is 0.496 e. The van der Waals surface area contributed by atoms with Crippen molar-refractivity contribution >= 4 is 29.1 Å². The Kier molecular flexibility index (Phi) is 6.70. The molecule has 35 heavy (non-hydrogen) atoms. The predicted molar refractivity (Wildman–Crippen MR) is 123 cm³/mol. The molecule has 11 nitrogen and oxygen atoms in total. The van der Waals surface area contributed by atoms with Gasteiger partial charge >= 0.3 is 0 Å². The lowest BCUT2D eigenvalue weighted by atomic mass is 9.74. The maximum atomic E-state index is 13.5. The first kappa shape index (κ1) is 24.5. The first-order valence-corrected chi connectivity index (χ1v) is 11.3.